The van der Waals surface area contributed by atoms with Gasteiger partial charge in [0.15, 0.2) is 18.9 Å². The third kappa shape index (κ3) is 6.96. The van der Waals surface area contributed by atoms with E-state index in [1.165, 1.54) is 13.0 Å². The number of ether oxygens (including phenoxy) is 5. The van der Waals surface area contributed by atoms with E-state index >= 15 is 0 Å². The first-order valence-electron chi connectivity index (χ1n) is 14.1. The zero-order valence-corrected chi connectivity index (χ0v) is 23.5. The van der Waals surface area contributed by atoms with Gasteiger partial charge in [0.2, 0.25) is 0 Å². The molecule has 19 nitrogen and oxygen atoms in total. The highest BCUT2D eigenvalue weighted by Crippen LogP contribution is 2.32. The van der Waals surface area contributed by atoms with E-state index in [2.05, 4.69) is 5.32 Å². The van der Waals surface area contributed by atoms with Crippen LogP contribution in [0, 0.1) is 0 Å². The van der Waals surface area contributed by atoms with Crippen LogP contribution in [-0.4, -0.2) is 203 Å². The molecule has 0 aromatic carbocycles. The van der Waals surface area contributed by atoms with E-state index in [0.29, 0.717) is 0 Å². The fourth-order valence-corrected chi connectivity index (χ4v) is 5.81. The minimum atomic E-state index is -1.93. The van der Waals surface area contributed by atoms with Crippen molar-refractivity contribution >= 4 is 0 Å². The summed E-state index contributed by atoms with van der Waals surface area (Å²) in [4.78, 5) is 0. The molecule has 0 aromatic heterocycles. The summed E-state index contributed by atoms with van der Waals surface area (Å²) in [6.07, 6.45) is -26.6. The molecule has 0 spiro atoms. The van der Waals surface area contributed by atoms with Crippen molar-refractivity contribution in [2.75, 3.05) is 19.8 Å². The van der Waals surface area contributed by atoms with Gasteiger partial charge in [0.05, 0.1) is 38.0 Å². The molecule has 0 saturated carbocycles. The highest BCUT2D eigenvalue weighted by Gasteiger charge is 2.53. The van der Waals surface area contributed by atoms with Gasteiger partial charge < -0.3 is 95.4 Å². The second-order valence-corrected chi connectivity index (χ2v) is 11.4. The van der Waals surface area contributed by atoms with Crippen molar-refractivity contribution in [1.29, 1.82) is 0 Å². The van der Waals surface area contributed by atoms with Crippen LogP contribution in [0.15, 0.2) is 11.6 Å². The highest BCUT2D eigenvalue weighted by atomic mass is 16.7. The first-order valence-corrected chi connectivity index (χ1v) is 14.1. The second-order valence-electron chi connectivity index (χ2n) is 11.4. The van der Waals surface area contributed by atoms with Crippen molar-refractivity contribution in [3.8, 4) is 0 Å². The standard InChI is InChI=1S/C25H43NO18/c1-6-11(26-8-2-7(3-27)12(30)15(33)13(8)31)14(32)19(37)24(40-6)43-22-10(5-29)42-25(20(38)17(22)35)44-21-9(4-28)41-23(39)18(36)16(21)34/h2,6,8-39H,3-5H2,1H3/t6-,8-,9+,10+,11-,12-,13-,14-,15-,16+,17+,18-,19-,20+,21-,22+,23-,24+,25-/m1/s1. The predicted octanol–water partition coefficient (Wildman–Crippen LogP) is -8.56. The normalized spacial score (nSPS) is 52.0. The monoisotopic (exact) mass is 645 g/mol. The SMILES string of the molecule is C[C@H]1O[C@@H](O[C@@H]2[C@@H](O)[C@H](O)[C@@H](O[C@H]3[C@@H](O)[C@@H](O)[C@H](O)O[C@H]3CO)O[C@H]2CO)[C@H](O)[C@H](O)[C@@H]1N[C@@H]1C=C(CO)[C@@H](O)[C@@H](O)[C@@H]1O. The number of aliphatic hydroxyl groups excluding tert-OH is 13. The Labute approximate surface area is 250 Å². The van der Waals surface area contributed by atoms with Crippen LogP contribution < -0.4 is 5.32 Å². The maximum atomic E-state index is 10.9. The van der Waals surface area contributed by atoms with E-state index in [0.717, 1.165) is 0 Å². The highest BCUT2D eigenvalue weighted by molar-refractivity contribution is 5.22. The number of nitrogens with one attached hydrogen (secondary N) is 1. The summed E-state index contributed by atoms with van der Waals surface area (Å²) in [7, 11) is 0. The molecule has 3 heterocycles. The van der Waals surface area contributed by atoms with E-state index in [1.807, 2.05) is 0 Å². The van der Waals surface area contributed by atoms with Gasteiger partial charge in [-0.1, -0.05) is 6.08 Å². The van der Waals surface area contributed by atoms with Gasteiger partial charge in [0.25, 0.3) is 0 Å². The Morgan fingerprint density at radius 3 is 1.73 bits per heavy atom. The molecule has 0 aromatic rings. The van der Waals surface area contributed by atoms with Crippen LogP contribution in [0.1, 0.15) is 6.92 Å². The zero-order chi connectivity index (χ0) is 32.6. The summed E-state index contributed by atoms with van der Waals surface area (Å²) in [5, 5.41) is 136. The van der Waals surface area contributed by atoms with Crippen LogP contribution in [0.25, 0.3) is 0 Å². The third-order valence-corrected chi connectivity index (χ3v) is 8.48. The molecule has 3 aliphatic heterocycles. The smallest absolute Gasteiger partial charge is 0.187 e. The Morgan fingerprint density at radius 1 is 0.636 bits per heavy atom. The third-order valence-electron chi connectivity index (χ3n) is 8.48. The van der Waals surface area contributed by atoms with Gasteiger partial charge in [0, 0.05) is 0 Å². The molecular formula is C25H43NO18. The van der Waals surface area contributed by atoms with Crippen molar-refractivity contribution in [1.82, 2.24) is 5.32 Å². The molecule has 44 heavy (non-hydrogen) atoms. The van der Waals surface area contributed by atoms with Gasteiger partial charge in [-0.25, -0.2) is 0 Å². The van der Waals surface area contributed by atoms with Crippen LogP contribution in [-0.2, 0) is 23.7 Å². The Bertz CT molecular complexity index is 958. The van der Waals surface area contributed by atoms with Crippen LogP contribution in [0.4, 0.5) is 0 Å². The molecule has 3 fully saturated rings. The molecule has 4 rings (SSSR count). The maximum absolute atomic E-state index is 10.9. The molecule has 14 N–H and O–H groups in total. The Kier molecular flexibility index (Phi) is 12.1. The molecule has 0 radical (unpaired) electrons. The summed E-state index contributed by atoms with van der Waals surface area (Å²) >= 11 is 0. The van der Waals surface area contributed by atoms with Crippen LogP contribution >= 0.6 is 0 Å². The van der Waals surface area contributed by atoms with Crippen LogP contribution in [0.5, 0.6) is 0 Å². The second kappa shape index (κ2) is 14.8. The van der Waals surface area contributed by atoms with Gasteiger partial charge in [-0.2, -0.15) is 0 Å². The Hall–Kier alpha value is -1.02. The lowest BCUT2D eigenvalue weighted by molar-refractivity contribution is -0.373. The first-order chi connectivity index (χ1) is 20.7. The number of rotatable bonds is 9. The zero-order valence-electron chi connectivity index (χ0n) is 23.5. The molecule has 4 aliphatic rings. The van der Waals surface area contributed by atoms with E-state index in [-0.39, 0.29) is 5.57 Å². The van der Waals surface area contributed by atoms with Crippen molar-refractivity contribution < 1.29 is 90.1 Å². The van der Waals surface area contributed by atoms with E-state index < -0.39 is 136 Å². The van der Waals surface area contributed by atoms with Crippen LogP contribution in [0.2, 0.25) is 0 Å². The quantitative estimate of drug-likeness (QED) is 0.103. The van der Waals surface area contributed by atoms with Crippen molar-refractivity contribution in [3.63, 3.8) is 0 Å². The van der Waals surface area contributed by atoms with Gasteiger partial charge in [-0.3, -0.25) is 0 Å². The van der Waals surface area contributed by atoms with Gasteiger partial charge in [-0.15, -0.1) is 0 Å². The summed E-state index contributed by atoms with van der Waals surface area (Å²) in [5.41, 5.74) is 0.0225. The lowest BCUT2D eigenvalue weighted by atomic mass is 9.86. The average Bonchev–Trinajstić information content (AvgIpc) is 3.00. The van der Waals surface area contributed by atoms with Crippen molar-refractivity contribution in [2.24, 2.45) is 0 Å². The maximum Gasteiger partial charge on any atom is 0.187 e. The number of aliphatic hydroxyl groups is 13. The molecule has 0 bridgehead atoms. The molecule has 19 heteroatoms. The average molecular weight is 646 g/mol. The molecule has 3 saturated heterocycles. The molecule has 0 amide bonds. The molecule has 19 atom stereocenters. The summed E-state index contributed by atoms with van der Waals surface area (Å²) < 4.78 is 27.4. The van der Waals surface area contributed by atoms with Gasteiger partial charge in [-0.05, 0) is 12.5 Å². The lowest BCUT2D eigenvalue weighted by Gasteiger charge is -2.48. The minimum Gasteiger partial charge on any atom is -0.394 e. The Morgan fingerprint density at radius 2 is 1.16 bits per heavy atom. The fraction of sp³-hybridized carbons (Fsp3) is 0.920. The Balaban J connectivity index is 1.42. The summed E-state index contributed by atoms with van der Waals surface area (Å²) in [5.74, 6) is 0. The minimum absolute atomic E-state index is 0.0225. The van der Waals surface area contributed by atoms with Gasteiger partial charge >= 0.3 is 0 Å². The van der Waals surface area contributed by atoms with E-state index in [1.54, 1.807) is 0 Å². The summed E-state index contributed by atoms with van der Waals surface area (Å²) in [6.45, 7) is -0.753. The van der Waals surface area contributed by atoms with Crippen molar-refractivity contribution in [2.45, 2.75) is 123 Å². The lowest BCUT2D eigenvalue weighted by Crippen LogP contribution is -2.68. The molecule has 256 valence electrons. The fourth-order valence-electron chi connectivity index (χ4n) is 5.81. The molecule has 1 aliphatic carbocycles. The summed E-state index contributed by atoms with van der Waals surface area (Å²) in [6, 6.07) is -2.17. The van der Waals surface area contributed by atoms with Gasteiger partial charge in [0.1, 0.15) is 79.4 Å². The topological polar surface area (TPSA) is 321 Å². The number of hydrogen-bond acceptors (Lipinski definition) is 19. The molecular weight excluding hydrogens is 602 g/mol. The van der Waals surface area contributed by atoms with Crippen molar-refractivity contribution in [3.05, 3.63) is 11.6 Å². The predicted molar refractivity (Wildman–Crippen MR) is 138 cm³/mol. The van der Waals surface area contributed by atoms with Crippen LogP contribution in [0.3, 0.4) is 0 Å². The largest absolute Gasteiger partial charge is 0.394 e. The number of hydrogen-bond donors (Lipinski definition) is 14. The van der Waals surface area contributed by atoms with E-state index in [9.17, 15) is 66.4 Å². The first kappa shape index (κ1) is 35.8. The molecule has 0 unspecified atom stereocenters. The van der Waals surface area contributed by atoms with E-state index in [4.69, 9.17) is 23.7 Å².